The van der Waals surface area contributed by atoms with Crippen LogP contribution in [0.2, 0.25) is 5.02 Å². The van der Waals surface area contributed by atoms with E-state index in [0.717, 1.165) is 25.9 Å². The number of likely N-dealkylation sites (tertiary alicyclic amines) is 1. The topological polar surface area (TPSA) is 40.5 Å². The minimum atomic E-state index is -0.939. The van der Waals surface area contributed by atoms with Crippen molar-refractivity contribution in [3.63, 3.8) is 0 Å². The molecule has 0 aliphatic carbocycles. The van der Waals surface area contributed by atoms with Crippen molar-refractivity contribution in [2.45, 2.75) is 25.3 Å². The van der Waals surface area contributed by atoms with Crippen LogP contribution < -0.4 is 0 Å². The molecule has 5 heteroatoms. The highest BCUT2D eigenvalue weighted by Crippen LogP contribution is 2.34. The number of benzene rings is 1. The maximum atomic E-state index is 13.9. The third-order valence-corrected chi connectivity index (χ3v) is 3.61. The second-order valence-electron chi connectivity index (χ2n) is 4.49. The number of carbonyl (C=O) groups is 1. The Bertz CT molecular complexity index is 426. The Kier molecular flexibility index (Phi) is 4.19. The van der Waals surface area contributed by atoms with E-state index in [2.05, 4.69) is 0 Å². The molecule has 18 heavy (non-hydrogen) atoms. The molecular weight excluding hydrogens is 257 g/mol. The highest BCUT2D eigenvalue weighted by atomic mass is 35.5. The number of rotatable bonds is 4. The first-order valence-corrected chi connectivity index (χ1v) is 6.37. The van der Waals surface area contributed by atoms with Gasteiger partial charge in [-0.25, -0.2) is 4.39 Å². The van der Waals surface area contributed by atoms with Crippen LogP contribution in [0.15, 0.2) is 18.2 Å². The van der Waals surface area contributed by atoms with Gasteiger partial charge >= 0.3 is 5.97 Å². The van der Waals surface area contributed by atoms with Gasteiger partial charge in [0.2, 0.25) is 0 Å². The minimum Gasteiger partial charge on any atom is -0.481 e. The van der Waals surface area contributed by atoms with Crippen molar-refractivity contribution in [1.29, 1.82) is 0 Å². The zero-order valence-electron chi connectivity index (χ0n) is 9.90. The van der Waals surface area contributed by atoms with Gasteiger partial charge in [-0.3, -0.25) is 9.69 Å². The Hall–Kier alpha value is -1.13. The van der Waals surface area contributed by atoms with E-state index in [1.807, 2.05) is 4.90 Å². The number of carboxylic acids is 1. The zero-order valence-corrected chi connectivity index (χ0v) is 10.7. The first-order chi connectivity index (χ1) is 8.59. The van der Waals surface area contributed by atoms with Gasteiger partial charge in [-0.15, -0.1) is 0 Å². The first-order valence-electron chi connectivity index (χ1n) is 5.99. The van der Waals surface area contributed by atoms with Crippen LogP contribution in [0.25, 0.3) is 0 Å². The van der Waals surface area contributed by atoms with E-state index in [-0.39, 0.29) is 6.42 Å². The fourth-order valence-electron chi connectivity index (χ4n) is 2.46. The van der Waals surface area contributed by atoms with Crippen LogP contribution in [-0.4, -0.2) is 29.1 Å². The Morgan fingerprint density at radius 2 is 2.11 bits per heavy atom. The third kappa shape index (κ3) is 2.82. The van der Waals surface area contributed by atoms with Crippen molar-refractivity contribution in [1.82, 2.24) is 4.90 Å². The number of carboxylic acid groups (broad SMARTS) is 1. The summed E-state index contributed by atoms with van der Waals surface area (Å²) in [6.07, 6.45) is 1.91. The van der Waals surface area contributed by atoms with E-state index in [9.17, 15) is 9.18 Å². The summed E-state index contributed by atoms with van der Waals surface area (Å²) in [7, 11) is 0. The summed E-state index contributed by atoms with van der Waals surface area (Å²) in [5.41, 5.74) is 0.309. The molecule has 1 N–H and O–H groups in total. The molecule has 1 aromatic carbocycles. The summed E-state index contributed by atoms with van der Waals surface area (Å²) >= 11 is 6.03. The Morgan fingerprint density at radius 1 is 1.44 bits per heavy atom. The van der Waals surface area contributed by atoms with Crippen LogP contribution in [0, 0.1) is 5.82 Å². The lowest BCUT2D eigenvalue weighted by Gasteiger charge is -2.27. The van der Waals surface area contributed by atoms with Crippen LogP contribution in [0.3, 0.4) is 0 Å². The van der Waals surface area contributed by atoms with Gasteiger partial charge in [0.05, 0.1) is 6.42 Å². The summed E-state index contributed by atoms with van der Waals surface area (Å²) in [5, 5.41) is 9.29. The molecule has 3 nitrogen and oxygen atoms in total. The third-order valence-electron chi connectivity index (χ3n) is 3.28. The van der Waals surface area contributed by atoms with Gasteiger partial charge in [-0.1, -0.05) is 17.7 Å². The van der Waals surface area contributed by atoms with E-state index in [1.54, 1.807) is 6.07 Å². The van der Waals surface area contributed by atoms with E-state index < -0.39 is 17.8 Å². The molecule has 0 bridgehead atoms. The molecule has 0 aromatic heterocycles. The minimum absolute atomic E-state index is 0.124. The number of halogens is 2. The molecular formula is C13H15ClFNO2. The highest BCUT2D eigenvalue weighted by Gasteiger charge is 2.29. The van der Waals surface area contributed by atoms with E-state index in [0.29, 0.717) is 10.6 Å². The fourth-order valence-corrected chi connectivity index (χ4v) is 2.75. The van der Waals surface area contributed by atoms with Crippen LogP contribution >= 0.6 is 11.6 Å². The maximum Gasteiger partial charge on any atom is 0.305 e. The summed E-state index contributed by atoms with van der Waals surface area (Å²) in [6.45, 7) is 1.59. The van der Waals surface area contributed by atoms with Crippen molar-refractivity contribution in [3.8, 4) is 0 Å². The van der Waals surface area contributed by atoms with E-state index in [1.165, 1.54) is 12.1 Å². The second kappa shape index (κ2) is 5.67. The molecule has 0 spiro atoms. The van der Waals surface area contributed by atoms with Gasteiger partial charge in [0, 0.05) is 16.6 Å². The van der Waals surface area contributed by atoms with Crippen molar-refractivity contribution in [2.24, 2.45) is 0 Å². The van der Waals surface area contributed by atoms with E-state index in [4.69, 9.17) is 16.7 Å². The highest BCUT2D eigenvalue weighted by molar-refractivity contribution is 6.31. The summed E-state index contributed by atoms with van der Waals surface area (Å²) in [6, 6.07) is 3.98. The largest absolute Gasteiger partial charge is 0.481 e. The van der Waals surface area contributed by atoms with Crippen LogP contribution in [0.5, 0.6) is 0 Å². The Morgan fingerprint density at radius 3 is 2.67 bits per heavy atom. The molecule has 1 unspecified atom stereocenters. The van der Waals surface area contributed by atoms with Gasteiger partial charge in [-0.2, -0.15) is 0 Å². The Balaban J connectivity index is 2.35. The summed E-state index contributed by atoms with van der Waals surface area (Å²) in [4.78, 5) is 13.0. The lowest BCUT2D eigenvalue weighted by Crippen LogP contribution is -2.28. The number of aliphatic carboxylic acids is 1. The first kappa shape index (κ1) is 13.3. The van der Waals surface area contributed by atoms with Crippen LogP contribution in [0.1, 0.15) is 30.9 Å². The smallest absolute Gasteiger partial charge is 0.305 e. The van der Waals surface area contributed by atoms with E-state index >= 15 is 0 Å². The summed E-state index contributed by atoms with van der Waals surface area (Å²) < 4.78 is 13.9. The van der Waals surface area contributed by atoms with Gasteiger partial charge in [0.1, 0.15) is 5.82 Å². The van der Waals surface area contributed by atoms with Crippen molar-refractivity contribution in [3.05, 3.63) is 34.6 Å². The number of hydrogen-bond donors (Lipinski definition) is 1. The second-order valence-corrected chi connectivity index (χ2v) is 4.90. The van der Waals surface area contributed by atoms with Crippen LogP contribution in [0.4, 0.5) is 4.39 Å². The molecule has 1 saturated heterocycles. The molecule has 0 radical (unpaired) electrons. The number of nitrogens with zero attached hydrogens (tertiary/aromatic N) is 1. The lowest BCUT2D eigenvalue weighted by atomic mass is 10.0. The molecule has 1 aliphatic heterocycles. The fraction of sp³-hybridized carbons (Fsp3) is 0.462. The molecule has 0 saturated carbocycles. The molecule has 1 heterocycles. The average molecular weight is 272 g/mol. The lowest BCUT2D eigenvalue weighted by molar-refractivity contribution is -0.138. The van der Waals surface area contributed by atoms with Gasteiger partial charge < -0.3 is 5.11 Å². The predicted molar refractivity (Wildman–Crippen MR) is 67.2 cm³/mol. The predicted octanol–water partition coefficient (Wildman–Crippen LogP) is 3.09. The molecule has 1 aliphatic rings. The standard InChI is InChI=1S/C13H15ClFNO2/c14-9-4-3-5-10(15)13(9)11(8-12(17)18)16-6-1-2-7-16/h3-5,11H,1-2,6-8H2,(H,17,18). The average Bonchev–Trinajstić information content (AvgIpc) is 2.80. The SMILES string of the molecule is O=C(O)CC(c1c(F)cccc1Cl)N1CCCC1. The molecule has 2 rings (SSSR count). The maximum absolute atomic E-state index is 13.9. The Labute approximate surface area is 110 Å². The van der Waals surface area contributed by atoms with Crippen molar-refractivity contribution in [2.75, 3.05) is 13.1 Å². The monoisotopic (exact) mass is 271 g/mol. The van der Waals surface area contributed by atoms with Gasteiger partial charge in [0.25, 0.3) is 0 Å². The molecule has 1 atom stereocenters. The summed E-state index contributed by atoms with van der Waals surface area (Å²) in [5.74, 6) is -1.37. The van der Waals surface area contributed by atoms with Crippen molar-refractivity contribution >= 4 is 17.6 Å². The normalized spacial score (nSPS) is 17.9. The molecule has 98 valence electrons. The van der Waals surface area contributed by atoms with Gasteiger partial charge in [0.15, 0.2) is 0 Å². The van der Waals surface area contributed by atoms with Crippen molar-refractivity contribution < 1.29 is 14.3 Å². The van der Waals surface area contributed by atoms with Gasteiger partial charge in [-0.05, 0) is 38.1 Å². The van der Waals surface area contributed by atoms with Crippen LogP contribution in [-0.2, 0) is 4.79 Å². The zero-order chi connectivity index (χ0) is 13.1. The quantitative estimate of drug-likeness (QED) is 0.915. The molecule has 1 aromatic rings. The molecule has 0 amide bonds. The number of hydrogen-bond acceptors (Lipinski definition) is 2. The molecule has 1 fully saturated rings.